The molecule has 7 heteroatoms. The van der Waals surface area contributed by atoms with E-state index in [1.165, 1.54) is 0 Å². The molecule has 0 amide bonds. The van der Waals surface area contributed by atoms with Crippen molar-refractivity contribution in [1.29, 1.82) is 5.26 Å². The van der Waals surface area contributed by atoms with Gasteiger partial charge in [-0.05, 0) is 50.2 Å². The lowest BCUT2D eigenvalue weighted by atomic mass is 9.95. The molecular weight excluding hydrogens is 350 g/mol. The zero-order chi connectivity index (χ0) is 19.1. The molecule has 1 aromatic rings. The van der Waals surface area contributed by atoms with Crippen LogP contribution in [-0.2, 0) is 9.53 Å². The zero-order valence-corrected chi connectivity index (χ0v) is 16.1. The minimum atomic E-state index is -0.389. The van der Waals surface area contributed by atoms with Crippen molar-refractivity contribution < 1.29 is 14.3 Å². The highest BCUT2D eigenvalue weighted by Gasteiger charge is 2.34. The highest BCUT2D eigenvalue weighted by Crippen LogP contribution is 2.32. The first-order valence-corrected chi connectivity index (χ1v) is 8.99. The number of thiocarbonyl (C=S) groups is 1. The molecular formula is C19H23N3O3S. The zero-order valence-electron chi connectivity index (χ0n) is 15.2. The Kier molecular flexibility index (Phi) is 6.98. The number of rotatable bonds is 7. The van der Waals surface area contributed by atoms with Crippen LogP contribution in [0, 0.1) is 11.3 Å². The SMILES string of the molecule is CCCN1C(=S)N[C@H](c2ccc(OCC#N)cc2)C(C(=O)OCC)=C1C. The summed E-state index contributed by atoms with van der Waals surface area (Å²) in [5, 5.41) is 12.4. The summed E-state index contributed by atoms with van der Waals surface area (Å²) in [6.45, 7) is 6.77. The van der Waals surface area contributed by atoms with Crippen molar-refractivity contribution in [3.05, 3.63) is 41.1 Å². The number of benzene rings is 1. The van der Waals surface area contributed by atoms with E-state index in [9.17, 15) is 4.79 Å². The topological polar surface area (TPSA) is 74.6 Å². The number of carbonyl (C=O) groups is 1. The fourth-order valence-electron chi connectivity index (χ4n) is 2.87. The molecule has 0 spiro atoms. The molecule has 6 nitrogen and oxygen atoms in total. The average molecular weight is 373 g/mol. The molecule has 0 aromatic heterocycles. The molecule has 26 heavy (non-hydrogen) atoms. The summed E-state index contributed by atoms with van der Waals surface area (Å²) >= 11 is 5.50. The molecule has 0 aliphatic carbocycles. The van der Waals surface area contributed by atoms with Gasteiger partial charge in [0.2, 0.25) is 0 Å². The van der Waals surface area contributed by atoms with Gasteiger partial charge in [-0.2, -0.15) is 5.26 Å². The third-order valence-corrected chi connectivity index (χ3v) is 4.39. The van der Waals surface area contributed by atoms with Gasteiger partial charge in [0.05, 0.1) is 18.2 Å². The van der Waals surface area contributed by atoms with Crippen LogP contribution in [0.25, 0.3) is 0 Å². The molecule has 0 saturated heterocycles. The van der Waals surface area contributed by atoms with Crippen molar-refractivity contribution in [1.82, 2.24) is 10.2 Å². The van der Waals surface area contributed by atoms with Crippen LogP contribution in [0.1, 0.15) is 38.8 Å². The van der Waals surface area contributed by atoms with Gasteiger partial charge in [0, 0.05) is 12.2 Å². The van der Waals surface area contributed by atoms with E-state index in [2.05, 4.69) is 12.2 Å². The summed E-state index contributed by atoms with van der Waals surface area (Å²) in [5.41, 5.74) is 2.23. The number of allylic oxidation sites excluding steroid dienone is 1. The van der Waals surface area contributed by atoms with Crippen LogP contribution in [-0.4, -0.2) is 35.7 Å². The van der Waals surface area contributed by atoms with Gasteiger partial charge in [-0.15, -0.1) is 0 Å². The van der Waals surface area contributed by atoms with Crippen molar-refractivity contribution >= 4 is 23.3 Å². The van der Waals surface area contributed by atoms with Crippen molar-refractivity contribution in [2.75, 3.05) is 19.8 Å². The maximum Gasteiger partial charge on any atom is 0.338 e. The van der Waals surface area contributed by atoms with Crippen LogP contribution in [0.4, 0.5) is 0 Å². The molecule has 0 bridgehead atoms. The maximum atomic E-state index is 12.6. The second-order valence-electron chi connectivity index (χ2n) is 5.77. The highest BCUT2D eigenvalue weighted by atomic mass is 32.1. The van der Waals surface area contributed by atoms with Crippen molar-refractivity contribution in [2.24, 2.45) is 0 Å². The van der Waals surface area contributed by atoms with Gasteiger partial charge in [0.25, 0.3) is 0 Å². The number of ether oxygens (including phenoxy) is 2. The first-order valence-electron chi connectivity index (χ1n) is 8.59. The monoisotopic (exact) mass is 373 g/mol. The summed E-state index contributed by atoms with van der Waals surface area (Å²) in [6, 6.07) is 8.80. The molecule has 0 unspecified atom stereocenters. The predicted molar refractivity (Wildman–Crippen MR) is 102 cm³/mol. The summed E-state index contributed by atoms with van der Waals surface area (Å²) in [5.74, 6) is 0.246. The van der Waals surface area contributed by atoms with Gasteiger partial charge in [0.1, 0.15) is 11.8 Å². The normalized spacial score (nSPS) is 16.8. The minimum Gasteiger partial charge on any atom is -0.479 e. The first kappa shape index (κ1) is 19.7. The van der Waals surface area contributed by atoms with Gasteiger partial charge in [0.15, 0.2) is 11.7 Å². The molecule has 1 atom stereocenters. The maximum absolute atomic E-state index is 12.6. The summed E-state index contributed by atoms with van der Waals surface area (Å²) < 4.78 is 10.6. The van der Waals surface area contributed by atoms with Crippen LogP contribution < -0.4 is 10.1 Å². The standard InChI is InChI=1S/C19H23N3O3S/c1-4-11-22-13(3)16(18(23)24-5-2)17(21-19(22)26)14-6-8-15(9-7-14)25-12-10-20/h6-9,17H,4-5,11-12H2,1-3H3,(H,21,26)/t17-/m1/s1. The molecule has 1 heterocycles. The third kappa shape index (κ3) is 4.33. The Morgan fingerprint density at radius 3 is 2.62 bits per heavy atom. The van der Waals surface area contributed by atoms with Gasteiger partial charge >= 0.3 is 5.97 Å². The first-order chi connectivity index (χ1) is 12.5. The molecule has 2 rings (SSSR count). The Balaban J connectivity index is 2.39. The van der Waals surface area contributed by atoms with E-state index in [1.807, 2.05) is 30.0 Å². The highest BCUT2D eigenvalue weighted by molar-refractivity contribution is 7.80. The molecule has 1 N–H and O–H groups in total. The van der Waals surface area contributed by atoms with Crippen LogP contribution in [0.15, 0.2) is 35.5 Å². The molecule has 1 aromatic carbocycles. The van der Waals surface area contributed by atoms with Crippen molar-refractivity contribution in [2.45, 2.75) is 33.2 Å². The number of esters is 1. The number of nitriles is 1. The Hall–Kier alpha value is -2.59. The molecule has 1 aliphatic rings. The number of nitrogens with zero attached hydrogens (tertiary/aromatic N) is 2. The van der Waals surface area contributed by atoms with Gasteiger partial charge < -0.3 is 19.7 Å². The summed E-state index contributed by atoms with van der Waals surface area (Å²) in [7, 11) is 0. The lowest BCUT2D eigenvalue weighted by molar-refractivity contribution is -0.139. The fourth-order valence-corrected chi connectivity index (χ4v) is 3.22. The Morgan fingerprint density at radius 2 is 2.04 bits per heavy atom. The third-order valence-electron chi connectivity index (χ3n) is 4.06. The Labute approximate surface area is 159 Å². The summed E-state index contributed by atoms with van der Waals surface area (Å²) in [4.78, 5) is 14.5. The van der Waals surface area contributed by atoms with Crippen molar-refractivity contribution in [3.8, 4) is 11.8 Å². The largest absolute Gasteiger partial charge is 0.479 e. The molecule has 0 radical (unpaired) electrons. The second-order valence-corrected chi connectivity index (χ2v) is 6.16. The van der Waals surface area contributed by atoms with Gasteiger partial charge in [-0.3, -0.25) is 0 Å². The number of nitrogens with one attached hydrogen (secondary N) is 1. The van der Waals surface area contributed by atoms with Crippen LogP contribution in [0.5, 0.6) is 5.75 Å². The lowest BCUT2D eigenvalue weighted by Crippen LogP contribution is -2.48. The second kappa shape index (κ2) is 9.20. The van der Waals surface area contributed by atoms with E-state index in [0.29, 0.717) is 23.0 Å². The molecule has 0 fully saturated rings. The Morgan fingerprint density at radius 1 is 1.35 bits per heavy atom. The predicted octanol–water partition coefficient (Wildman–Crippen LogP) is 3.07. The quantitative estimate of drug-likeness (QED) is 0.581. The van der Waals surface area contributed by atoms with Crippen LogP contribution in [0.3, 0.4) is 0 Å². The smallest absolute Gasteiger partial charge is 0.338 e. The lowest BCUT2D eigenvalue weighted by Gasteiger charge is -2.37. The van der Waals surface area contributed by atoms with E-state index >= 15 is 0 Å². The van der Waals surface area contributed by atoms with Gasteiger partial charge in [-0.1, -0.05) is 19.1 Å². The molecule has 138 valence electrons. The van der Waals surface area contributed by atoms with E-state index in [4.69, 9.17) is 27.0 Å². The number of hydrogen-bond acceptors (Lipinski definition) is 5. The minimum absolute atomic E-state index is 0.00975. The fraction of sp³-hybridized carbons (Fsp3) is 0.421. The van der Waals surface area contributed by atoms with E-state index in [0.717, 1.165) is 24.2 Å². The van der Waals surface area contributed by atoms with E-state index in [-0.39, 0.29) is 18.6 Å². The van der Waals surface area contributed by atoms with Crippen molar-refractivity contribution in [3.63, 3.8) is 0 Å². The molecule has 1 aliphatic heterocycles. The van der Waals surface area contributed by atoms with E-state index in [1.54, 1.807) is 19.1 Å². The number of carbonyl (C=O) groups excluding carboxylic acids is 1. The number of hydrogen-bond donors (Lipinski definition) is 1. The van der Waals surface area contributed by atoms with Crippen LogP contribution in [0.2, 0.25) is 0 Å². The van der Waals surface area contributed by atoms with E-state index < -0.39 is 0 Å². The van der Waals surface area contributed by atoms with Gasteiger partial charge in [-0.25, -0.2) is 4.79 Å². The van der Waals surface area contributed by atoms with Crippen LogP contribution >= 0.6 is 12.2 Å². The summed E-state index contributed by atoms with van der Waals surface area (Å²) in [6.07, 6.45) is 0.908. The molecule has 0 saturated carbocycles. The Bertz CT molecular complexity index is 737. The average Bonchev–Trinajstić information content (AvgIpc) is 2.63.